The average molecular weight is 277 g/mol. The minimum absolute atomic E-state index is 0.573. The minimum atomic E-state index is 0.573. The van der Waals surface area contributed by atoms with Gasteiger partial charge in [-0.3, -0.25) is 4.90 Å². The Hall–Kier alpha value is -0.910. The highest BCUT2D eigenvalue weighted by Gasteiger charge is 2.56. The van der Waals surface area contributed by atoms with Crippen molar-refractivity contribution in [1.82, 2.24) is 19.8 Å². The van der Waals surface area contributed by atoms with Gasteiger partial charge in [-0.2, -0.15) is 0 Å². The first-order chi connectivity index (χ1) is 9.79. The Balaban J connectivity index is 1.67. The quantitative estimate of drug-likeness (QED) is 0.808. The van der Waals surface area contributed by atoms with Crippen LogP contribution in [0.15, 0.2) is 12.4 Å². The summed E-state index contributed by atoms with van der Waals surface area (Å²) in [5.74, 6) is 1.18. The molecule has 0 bridgehead atoms. The average Bonchev–Trinajstić information content (AvgIpc) is 2.96. The molecule has 112 valence electrons. The number of hydrogen-bond donors (Lipinski definition) is 2. The topological polar surface area (TPSA) is 59.1 Å². The van der Waals surface area contributed by atoms with Gasteiger partial charge in [0.1, 0.15) is 5.82 Å². The molecule has 1 aliphatic heterocycles. The summed E-state index contributed by atoms with van der Waals surface area (Å²) in [6.07, 6.45) is 7.97. The number of nitrogens with two attached hydrogens (primary N) is 1. The van der Waals surface area contributed by atoms with Gasteiger partial charge in [-0.25, -0.2) is 4.98 Å². The van der Waals surface area contributed by atoms with Crippen LogP contribution < -0.4 is 11.1 Å². The van der Waals surface area contributed by atoms with Crippen LogP contribution in [-0.2, 0) is 13.1 Å². The van der Waals surface area contributed by atoms with Crippen molar-refractivity contribution in [3.05, 3.63) is 18.2 Å². The molecule has 2 fully saturated rings. The van der Waals surface area contributed by atoms with Gasteiger partial charge in [0.2, 0.25) is 0 Å². The van der Waals surface area contributed by atoms with Crippen LogP contribution in [-0.4, -0.2) is 46.7 Å². The molecular weight excluding hydrogens is 250 g/mol. The fourth-order valence-electron chi connectivity index (χ4n) is 3.78. The van der Waals surface area contributed by atoms with E-state index in [0.717, 1.165) is 32.2 Å². The van der Waals surface area contributed by atoms with Crippen molar-refractivity contribution >= 4 is 0 Å². The molecule has 1 saturated carbocycles. The van der Waals surface area contributed by atoms with E-state index in [4.69, 9.17) is 5.73 Å². The molecule has 3 N–H and O–H groups in total. The van der Waals surface area contributed by atoms with E-state index in [0.29, 0.717) is 5.41 Å². The molecule has 1 spiro atoms. The first-order valence-corrected chi connectivity index (χ1v) is 7.94. The Morgan fingerprint density at radius 1 is 1.50 bits per heavy atom. The zero-order chi connectivity index (χ0) is 14.0. The lowest BCUT2D eigenvalue weighted by Crippen LogP contribution is -2.38. The van der Waals surface area contributed by atoms with E-state index in [1.807, 2.05) is 6.20 Å². The van der Waals surface area contributed by atoms with E-state index in [1.165, 1.54) is 38.2 Å². The van der Waals surface area contributed by atoms with Crippen LogP contribution in [0.3, 0.4) is 0 Å². The largest absolute Gasteiger partial charge is 0.334 e. The zero-order valence-corrected chi connectivity index (χ0v) is 12.5. The van der Waals surface area contributed by atoms with E-state index >= 15 is 0 Å². The lowest BCUT2D eigenvalue weighted by molar-refractivity contribution is 0.194. The van der Waals surface area contributed by atoms with Crippen LogP contribution in [0.25, 0.3) is 0 Å². The third-order valence-corrected chi connectivity index (χ3v) is 5.09. The fourth-order valence-corrected chi connectivity index (χ4v) is 3.78. The number of hydrogen-bond acceptors (Lipinski definition) is 4. The van der Waals surface area contributed by atoms with E-state index in [-0.39, 0.29) is 0 Å². The van der Waals surface area contributed by atoms with Gasteiger partial charge >= 0.3 is 0 Å². The lowest BCUT2D eigenvalue weighted by Gasteiger charge is -2.29. The lowest BCUT2D eigenvalue weighted by atomic mass is 9.93. The number of aryl methyl sites for hydroxylation is 1. The van der Waals surface area contributed by atoms with Crippen LogP contribution in [0, 0.1) is 5.41 Å². The van der Waals surface area contributed by atoms with Crippen molar-refractivity contribution < 1.29 is 0 Å². The van der Waals surface area contributed by atoms with Gasteiger partial charge in [-0.05, 0) is 44.7 Å². The number of piperidine rings is 1. The van der Waals surface area contributed by atoms with E-state index < -0.39 is 0 Å². The summed E-state index contributed by atoms with van der Waals surface area (Å²) in [7, 11) is 0. The third kappa shape index (κ3) is 2.62. The smallest absolute Gasteiger partial charge is 0.122 e. The molecule has 0 radical (unpaired) electrons. The van der Waals surface area contributed by atoms with E-state index in [9.17, 15) is 0 Å². The molecule has 1 unspecified atom stereocenters. The van der Waals surface area contributed by atoms with Crippen LogP contribution in [0.5, 0.6) is 0 Å². The predicted molar refractivity (Wildman–Crippen MR) is 80.3 cm³/mol. The highest BCUT2D eigenvalue weighted by molar-refractivity contribution is 5.11. The second kappa shape index (κ2) is 5.84. The van der Waals surface area contributed by atoms with Crippen molar-refractivity contribution in [3.63, 3.8) is 0 Å². The standard InChI is InChI=1S/C15H27N5/c1-2-19-10-8-18-14(19)12-20(9-5-16)13-11-15(13)3-6-17-7-4-15/h8,10,13,17H,2-7,9,11-12,16H2,1H3. The Kier molecular flexibility index (Phi) is 4.10. The molecule has 1 saturated heterocycles. The highest BCUT2D eigenvalue weighted by atomic mass is 15.2. The second-order valence-electron chi connectivity index (χ2n) is 6.22. The van der Waals surface area contributed by atoms with Gasteiger partial charge in [-0.15, -0.1) is 0 Å². The Morgan fingerprint density at radius 3 is 3.00 bits per heavy atom. The minimum Gasteiger partial charge on any atom is -0.334 e. The summed E-state index contributed by atoms with van der Waals surface area (Å²) in [4.78, 5) is 7.09. The van der Waals surface area contributed by atoms with Gasteiger partial charge < -0.3 is 15.6 Å². The van der Waals surface area contributed by atoms with Crippen molar-refractivity contribution in [3.8, 4) is 0 Å². The maximum absolute atomic E-state index is 5.83. The van der Waals surface area contributed by atoms with Crippen LogP contribution in [0.1, 0.15) is 32.0 Å². The first kappa shape index (κ1) is 14.0. The molecule has 1 aromatic heterocycles. The molecule has 20 heavy (non-hydrogen) atoms. The van der Waals surface area contributed by atoms with Gasteiger partial charge in [0, 0.05) is 38.1 Å². The number of aromatic nitrogens is 2. The molecular formula is C15H27N5. The first-order valence-electron chi connectivity index (χ1n) is 7.94. The SMILES string of the molecule is CCn1ccnc1CN(CCN)C1CC12CCNCC2. The molecule has 1 atom stereocenters. The number of nitrogens with one attached hydrogen (secondary N) is 1. The number of imidazole rings is 1. The Morgan fingerprint density at radius 2 is 2.30 bits per heavy atom. The molecule has 2 heterocycles. The summed E-state index contributed by atoms with van der Waals surface area (Å²) in [6.45, 7) is 8.18. The van der Waals surface area contributed by atoms with Gasteiger partial charge in [0.15, 0.2) is 0 Å². The summed E-state index contributed by atoms with van der Waals surface area (Å²) >= 11 is 0. The molecule has 3 rings (SSSR count). The molecule has 1 aromatic rings. The highest BCUT2D eigenvalue weighted by Crippen LogP contribution is 2.55. The monoisotopic (exact) mass is 277 g/mol. The molecule has 1 aliphatic carbocycles. The van der Waals surface area contributed by atoms with Crippen LogP contribution in [0.4, 0.5) is 0 Å². The van der Waals surface area contributed by atoms with Gasteiger partial charge in [0.05, 0.1) is 6.54 Å². The molecule has 5 nitrogen and oxygen atoms in total. The number of nitrogens with zero attached hydrogens (tertiary/aromatic N) is 3. The molecule has 2 aliphatic rings. The summed E-state index contributed by atoms with van der Waals surface area (Å²) in [5.41, 5.74) is 6.40. The maximum Gasteiger partial charge on any atom is 0.122 e. The van der Waals surface area contributed by atoms with Crippen molar-refractivity contribution in [2.45, 2.75) is 45.3 Å². The summed E-state index contributed by atoms with van der Waals surface area (Å²) in [5, 5.41) is 3.48. The zero-order valence-electron chi connectivity index (χ0n) is 12.5. The molecule has 0 aromatic carbocycles. The molecule has 0 amide bonds. The van der Waals surface area contributed by atoms with E-state index in [2.05, 4.69) is 32.9 Å². The Labute approximate surface area is 121 Å². The van der Waals surface area contributed by atoms with Crippen LogP contribution >= 0.6 is 0 Å². The molecule has 5 heteroatoms. The normalized spacial score (nSPS) is 24.4. The van der Waals surface area contributed by atoms with E-state index in [1.54, 1.807) is 0 Å². The fraction of sp³-hybridized carbons (Fsp3) is 0.800. The van der Waals surface area contributed by atoms with Gasteiger partial charge in [-0.1, -0.05) is 0 Å². The van der Waals surface area contributed by atoms with Gasteiger partial charge in [0.25, 0.3) is 0 Å². The van der Waals surface area contributed by atoms with Crippen molar-refractivity contribution in [1.29, 1.82) is 0 Å². The number of rotatable bonds is 6. The Bertz CT molecular complexity index is 435. The summed E-state index contributed by atoms with van der Waals surface area (Å²) < 4.78 is 2.24. The van der Waals surface area contributed by atoms with Crippen LogP contribution in [0.2, 0.25) is 0 Å². The predicted octanol–water partition coefficient (Wildman–Crippen LogP) is 0.806. The van der Waals surface area contributed by atoms with Crippen molar-refractivity contribution in [2.75, 3.05) is 26.2 Å². The van der Waals surface area contributed by atoms with Crippen molar-refractivity contribution in [2.24, 2.45) is 11.1 Å². The second-order valence-corrected chi connectivity index (χ2v) is 6.22. The summed E-state index contributed by atoms with van der Waals surface area (Å²) in [6, 6.07) is 0.718. The third-order valence-electron chi connectivity index (χ3n) is 5.09. The maximum atomic E-state index is 5.83.